The summed E-state index contributed by atoms with van der Waals surface area (Å²) in [7, 11) is 0. The predicted molar refractivity (Wildman–Crippen MR) is 176 cm³/mol. The average Bonchev–Trinajstić information content (AvgIpc) is 2.98. The van der Waals surface area contributed by atoms with Gasteiger partial charge in [-0.15, -0.1) is 17.5 Å². The van der Waals surface area contributed by atoms with E-state index in [4.69, 9.17) is 4.98 Å². The van der Waals surface area contributed by atoms with E-state index in [2.05, 4.69) is 86.8 Å². The molecule has 3 nitrogen and oxygen atoms in total. The van der Waals surface area contributed by atoms with Gasteiger partial charge in [-0.3, -0.25) is 4.79 Å². The predicted octanol–water partition coefficient (Wildman–Crippen LogP) is 10.6. The van der Waals surface area contributed by atoms with Crippen LogP contribution in [0, 0.1) is 23.8 Å². The van der Waals surface area contributed by atoms with Crippen molar-refractivity contribution in [2.75, 3.05) is 0 Å². The van der Waals surface area contributed by atoms with Gasteiger partial charge in [0.1, 0.15) is 0 Å². The van der Waals surface area contributed by atoms with Gasteiger partial charge in [-0.25, -0.2) is 0 Å². The maximum absolute atomic E-state index is 11.7. The van der Waals surface area contributed by atoms with Crippen molar-refractivity contribution in [3.05, 3.63) is 90.3 Å². The first kappa shape index (κ1) is 33.4. The fourth-order valence-corrected chi connectivity index (χ4v) is 5.86. The van der Waals surface area contributed by atoms with E-state index < -0.39 is 0 Å². The molecule has 0 atom stereocenters. The van der Waals surface area contributed by atoms with Gasteiger partial charge in [0.25, 0.3) is 0 Å². The summed E-state index contributed by atoms with van der Waals surface area (Å²) in [4.78, 5) is 16.6. The Morgan fingerprint density at radius 3 is 2.12 bits per heavy atom. The number of benzene rings is 4. The fourth-order valence-electron chi connectivity index (χ4n) is 5.86. The smallest absolute Gasteiger partial charge is 0.162 e. The maximum atomic E-state index is 11.7. The van der Waals surface area contributed by atoms with Gasteiger partial charge in [0.2, 0.25) is 0 Å². The number of carbonyl (C=O) groups excluding carboxylic acids is 1. The quantitative estimate of drug-likeness (QED) is 0.0709. The zero-order valence-electron chi connectivity index (χ0n) is 25.8. The molecule has 1 aromatic heterocycles. The molecule has 0 amide bonds. The second kappa shape index (κ2) is 15.4. The van der Waals surface area contributed by atoms with Crippen LogP contribution in [0.2, 0.25) is 0 Å². The van der Waals surface area contributed by atoms with Crippen LogP contribution in [0.4, 0.5) is 0 Å². The number of fused-ring (bicyclic) bond motifs is 7. The van der Waals surface area contributed by atoms with E-state index in [-0.39, 0.29) is 43.5 Å². The Morgan fingerprint density at radius 1 is 0.810 bits per heavy atom. The molecule has 0 aliphatic carbocycles. The van der Waals surface area contributed by atoms with Crippen LogP contribution in [0.15, 0.2) is 78.7 Å². The minimum Gasteiger partial charge on any atom is -0.512 e. The van der Waals surface area contributed by atoms with Gasteiger partial charge in [0, 0.05) is 49.6 Å². The van der Waals surface area contributed by atoms with Gasteiger partial charge in [-0.05, 0) is 59.9 Å². The van der Waals surface area contributed by atoms with Crippen LogP contribution in [0.1, 0.15) is 72.8 Å². The Hall–Kier alpha value is -3.07. The number of nitrogens with zero attached hydrogens (tertiary/aromatic N) is 1. The number of carbonyl (C=O) groups is 1. The summed E-state index contributed by atoms with van der Waals surface area (Å²) in [6.45, 7) is 12.6. The Labute approximate surface area is 264 Å². The Bertz CT molecular complexity index is 1680. The molecule has 1 radical (unpaired) electrons. The number of allylic oxidation sites excluding steroid dienone is 2. The third-order valence-corrected chi connectivity index (χ3v) is 8.32. The van der Waals surface area contributed by atoms with E-state index in [1.54, 1.807) is 0 Å². The van der Waals surface area contributed by atoms with Crippen LogP contribution < -0.4 is 0 Å². The first-order valence-electron chi connectivity index (χ1n) is 15.3. The molecule has 4 heteroatoms. The molecule has 1 heterocycles. The van der Waals surface area contributed by atoms with Gasteiger partial charge in [0.15, 0.2) is 5.78 Å². The standard InChI is InChI=1S/C25H20N.C13H24O2.Ir/c1-16(2)14-18-7-5-9-20-23-13-12-21-19-8-4-3-6-17(19)10-11-22(21)25(23)26-15-24(18)20;1-5-10(6-2)12(14)9-13(15)11(7-3)8-4;/h3-10,12-13,15-16H,14H2,1-2H3;9-11,14H,5-8H2,1-4H3;/q-1;;/b;12-9-;. The van der Waals surface area contributed by atoms with Crippen LogP contribution in [0.3, 0.4) is 0 Å². The summed E-state index contributed by atoms with van der Waals surface area (Å²) >= 11 is 0. The third kappa shape index (κ3) is 7.28. The van der Waals surface area contributed by atoms with Gasteiger partial charge < -0.3 is 10.1 Å². The number of aliphatic hydroxyl groups excluding tert-OH is 1. The van der Waals surface area contributed by atoms with E-state index in [1.165, 1.54) is 44.0 Å². The fraction of sp³-hybridized carbons (Fsp3) is 0.368. The van der Waals surface area contributed by atoms with E-state index in [0.29, 0.717) is 5.92 Å². The Morgan fingerprint density at radius 2 is 1.45 bits per heavy atom. The van der Waals surface area contributed by atoms with E-state index in [0.717, 1.165) is 43.0 Å². The molecular formula is C38H44IrNO2-. The zero-order valence-corrected chi connectivity index (χ0v) is 28.2. The minimum atomic E-state index is 0. The number of ketones is 1. The molecule has 5 aromatic rings. The second-order valence-electron chi connectivity index (χ2n) is 11.5. The van der Waals surface area contributed by atoms with Crippen molar-refractivity contribution in [3.8, 4) is 0 Å². The molecule has 0 fully saturated rings. The van der Waals surface area contributed by atoms with Crippen molar-refractivity contribution in [2.45, 2.75) is 73.6 Å². The monoisotopic (exact) mass is 739 g/mol. The molecule has 0 saturated heterocycles. The number of hydrogen-bond donors (Lipinski definition) is 1. The molecule has 1 N–H and O–H groups in total. The molecule has 223 valence electrons. The largest absolute Gasteiger partial charge is 0.512 e. The number of aromatic nitrogens is 1. The molecule has 42 heavy (non-hydrogen) atoms. The number of pyridine rings is 1. The van der Waals surface area contributed by atoms with Crippen molar-refractivity contribution in [1.82, 2.24) is 4.98 Å². The molecule has 4 aromatic carbocycles. The summed E-state index contributed by atoms with van der Waals surface area (Å²) in [5.74, 6) is 1.18. The summed E-state index contributed by atoms with van der Waals surface area (Å²) in [5, 5.41) is 18.4. The Balaban J connectivity index is 0.000000263. The number of aliphatic hydroxyl groups is 1. The number of rotatable bonds is 9. The zero-order chi connectivity index (χ0) is 29.5. The number of hydrogen-bond acceptors (Lipinski definition) is 3. The summed E-state index contributed by atoms with van der Waals surface area (Å²) in [6.07, 6.45) is 8.04. The van der Waals surface area contributed by atoms with Crippen LogP contribution in [0.5, 0.6) is 0 Å². The normalized spacial score (nSPS) is 11.9. The molecule has 0 aliphatic heterocycles. The Kier molecular flexibility index (Phi) is 12.3. The maximum Gasteiger partial charge on any atom is 0.162 e. The third-order valence-electron chi connectivity index (χ3n) is 8.32. The molecule has 0 aliphatic rings. The minimum absolute atomic E-state index is 0. The first-order valence-corrected chi connectivity index (χ1v) is 15.3. The van der Waals surface area contributed by atoms with Gasteiger partial charge >= 0.3 is 0 Å². The van der Waals surface area contributed by atoms with Crippen LogP contribution in [0.25, 0.3) is 43.2 Å². The molecule has 0 saturated carbocycles. The van der Waals surface area contributed by atoms with Crippen molar-refractivity contribution in [1.29, 1.82) is 0 Å². The second-order valence-corrected chi connectivity index (χ2v) is 11.5. The van der Waals surface area contributed by atoms with E-state index in [1.807, 2.05) is 27.7 Å². The molecule has 5 rings (SSSR count). The SMILES string of the molecule is CC(C)Cc1cccc2c1cnc1c3[c-]cc4ccccc4c3ccc21.CCC(CC)C(=O)/C=C(\O)C(CC)CC.[Ir]. The molecule has 0 unspecified atom stereocenters. The molecular weight excluding hydrogens is 695 g/mol. The molecule has 0 spiro atoms. The van der Waals surface area contributed by atoms with Gasteiger partial charge in [-0.1, -0.05) is 112 Å². The van der Waals surface area contributed by atoms with Crippen LogP contribution in [-0.2, 0) is 31.3 Å². The van der Waals surface area contributed by atoms with Crippen LogP contribution in [-0.4, -0.2) is 15.9 Å². The molecule has 0 bridgehead atoms. The average molecular weight is 739 g/mol. The first-order chi connectivity index (χ1) is 19.8. The van der Waals surface area contributed by atoms with Crippen molar-refractivity contribution in [3.63, 3.8) is 0 Å². The summed E-state index contributed by atoms with van der Waals surface area (Å²) in [5.41, 5.74) is 2.43. The van der Waals surface area contributed by atoms with Crippen LogP contribution >= 0.6 is 0 Å². The van der Waals surface area contributed by atoms with Crippen molar-refractivity contribution < 1.29 is 30.0 Å². The van der Waals surface area contributed by atoms with E-state index in [9.17, 15) is 9.90 Å². The van der Waals surface area contributed by atoms with E-state index >= 15 is 0 Å². The topological polar surface area (TPSA) is 50.2 Å². The van der Waals surface area contributed by atoms with Gasteiger partial charge in [-0.2, -0.15) is 0 Å². The summed E-state index contributed by atoms with van der Waals surface area (Å²) < 4.78 is 0. The van der Waals surface area contributed by atoms with Gasteiger partial charge in [0.05, 0.1) is 5.76 Å². The van der Waals surface area contributed by atoms with Crippen molar-refractivity contribution in [2.24, 2.45) is 17.8 Å². The summed E-state index contributed by atoms with van der Waals surface area (Å²) in [6, 6.07) is 25.1. The van der Waals surface area contributed by atoms with Crippen molar-refractivity contribution >= 4 is 49.0 Å².